The Morgan fingerprint density at radius 3 is 2.32 bits per heavy atom. The summed E-state index contributed by atoms with van der Waals surface area (Å²) in [6.07, 6.45) is 1.69. The van der Waals surface area contributed by atoms with Crippen molar-refractivity contribution in [3.05, 3.63) is 47.3 Å². The van der Waals surface area contributed by atoms with Crippen LogP contribution in [0.3, 0.4) is 0 Å². The van der Waals surface area contributed by atoms with Crippen LogP contribution in [0.5, 0.6) is 0 Å². The third-order valence-corrected chi connectivity index (χ3v) is 4.31. The van der Waals surface area contributed by atoms with E-state index in [2.05, 4.69) is 36.1 Å². The fourth-order valence-electron chi connectivity index (χ4n) is 2.75. The lowest BCUT2D eigenvalue weighted by molar-refractivity contribution is 0.0663. The molecule has 0 atom stereocenters. The summed E-state index contributed by atoms with van der Waals surface area (Å²) in [7, 11) is 2.09. The predicted molar refractivity (Wildman–Crippen MR) is 86.4 cm³/mol. The quantitative estimate of drug-likeness (QED) is 0.850. The second kappa shape index (κ2) is 5.93. The second-order valence-corrected chi connectivity index (χ2v) is 5.99. The molecule has 0 spiro atoms. The van der Waals surface area contributed by atoms with Crippen LogP contribution in [-0.4, -0.2) is 58.7 Å². The van der Waals surface area contributed by atoms with Crippen molar-refractivity contribution in [2.75, 3.05) is 33.2 Å². The number of nitrogens with zero attached hydrogens (tertiary/aromatic N) is 4. The third kappa shape index (κ3) is 2.76. The standard InChI is InChI=1S/C17H22N4O/c1-13-4-6-15(7-5-13)21-14(2)16(12-18-21)17(22)20-10-8-19(3)9-11-20/h4-7,12H,8-11H2,1-3H3. The van der Waals surface area contributed by atoms with Crippen molar-refractivity contribution in [3.8, 4) is 5.69 Å². The first-order valence-corrected chi connectivity index (χ1v) is 7.66. The lowest BCUT2D eigenvalue weighted by Crippen LogP contribution is -2.47. The number of hydrogen-bond acceptors (Lipinski definition) is 3. The molecule has 0 saturated carbocycles. The Hall–Kier alpha value is -2.14. The highest BCUT2D eigenvalue weighted by atomic mass is 16.2. The van der Waals surface area contributed by atoms with E-state index in [1.54, 1.807) is 6.20 Å². The van der Waals surface area contributed by atoms with Gasteiger partial charge in [0.1, 0.15) is 0 Å². The molecular weight excluding hydrogens is 276 g/mol. The molecule has 1 aromatic carbocycles. The van der Waals surface area contributed by atoms with Crippen LogP contribution in [0.1, 0.15) is 21.6 Å². The largest absolute Gasteiger partial charge is 0.336 e. The molecule has 5 heteroatoms. The average molecular weight is 298 g/mol. The number of amides is 1. The highest BCUT2D eigenvalue weighted by Crippen LogP contribution is 2.17. The normalized spacial score (nSPS) is 16.0. The van der Waals surface area contributed by atoms with Gasteiger partial charge in [0.15, 0.2) is 0 Å². The van der Waals surface area contributed by atoms with E-state index in [-0.39, 0.29) is 5.91 Å². The van der Waals surface area contributed by atoms with Crippen LogP contribution in [0.15, 0.2) is 30.5 Å². The van der Waals surface area contributed by atoms with Crippen molar-refractivity contribution in [3.63, 3.8) is 0 Å². The van der Waals surface area contributed by atoms with E-state index in [1.807, 2.05) is 28.6 Å². The van der Waals surface area contributed by atoms with Crippen LogP contribution in [0, 0.1) is 13.8 Å². The Morgan fingerprint density at radius 2 is 1.68 bits per heavy atom. The van der Waals surface area contributed by atoms with Gasteiger partial charge in [0, 0.05) is 26.2 Å². The van der Waals surface area contributed by atoms with Gasteiger partial charge in [0.05, 0.1) is 23.1 Å². The minimum Gasteiger partial charge on any atom is -0.336 e. The monoisotopic (exact) mass is 298 g/mol. The summed E-state index contributed by atoms with van der Waals surface area (Å²) in [4.78, 5) is 16.8. The Bertz CT molecular complexity index is 666. The molecular formula is C17H22N4O. The second-order valence-electron chi connectivity index (χ2n) is 5.99. The zero-order chi connectivity index (χ0) is 15.7. The number of carbonyl (C=O) groups is 1. The average Bonchev–Trinajstić information content (AvgIpc) is 2.90. The van der Waals surface area contributed by atoms with Gasteiger partial charge in [-0.05, 0) is 33.0 Å². The van der Waals surface area contributed by atoms with Gasteiger partial charge in [-0.15, -0.1) is 0 Å². The number of hydrogen-bond donors (Lipinski definition) is 0. The molecule has 1 amide bonds. The van der Waals surface area contributed by atoms with E-state index in [0.29, 0.717) is 5.56 Å². The molecule has 0 N–H and O–H groups in total. The molecule has 1 fully saturated rings. The Kier molecular flexibility index (Phi) is 3.98. The maximum absolute atomic E-state index is 12.7. The molecule has 116 valence electrons. The van der Waals surface area contributed by atoms with Crippen molar-refractivity contribution in [1.29, 1.82) is 0 Å². The van der Waals surface area contributed by atoms with E-state index in [9.17, 15) is 4.79 Å². The summed E-state index contributed by atoms with van der Waals surface area (Å²) in [5.41, 5.74) is 3.79. The number of carbonyl (C=O) groups excluding carboxylic acids is 1. The smallest absolute Gasteiger partial charge is 0.257 e. The lowest BCUT2D eigenvalue weighted by atomic mass is 10.2. The van der Waals surface area contributed by atoms with Gasteiger partial charge in [0.25, 0.3) is 5.91 Å². The molecule has 22 heavy (non-hydrogen) atoms. The number of aryl methyl sites for hydroxylation is 1. The molecule has 3 rings (SSSR count). The fraction of sp³-hybridized carbons (Fsp3) is 0.412. The number of piperazine rings is 1. The van der Waals surface area contributed by atoms with Crippen LogP contribution in [-0.2, 0) is 0 Å². The molecule has 1 saturated heterocycles. The van der Waals surface area contributed by atoms with E-state index >= 15 is 0 Å². The van der Waals surface area contributed by atoms with Crippen LogP contribution >= 0.6 is 0 Å². The zero-order valence-electron chi connectivity index (χ0n) is 13.4. The van der Waals surface area contributed by atoms with E-state index in [0.717, 1.165) is 37.6 Å². The Balaban J connectivity index is 1.84. The number of rotatable bonds is 2. The van der Waals surface area contributed by atoms with Gasteiger partial charge in [-0.2, -0.15) is 5.10 Å². The summed E-state index contributed by atoms with van der Waals surface area (Å²) in [6, 6.07) is 8.16. The highest BCUT2D eigenvalue weighted by Gasteiger charge is 2.23. The number of likely N-dealkylation sites (N-methyl/N-ethyl adjacent to an activating group) is 1. The maximum atomic E-state index is 12.7. The first-order valence-electron chi connectivity index (χ1n) is 7.66. The molecule has 1 aliphatic rings. The molecule has 0 unspecified atom stereocenters. The topological polar surface area (TPSA) is 41.4 Å². The summed E-state index contributed by atoms with van der Waals surface area (Å²) < 4.78 is 1.84. The summed E-state index contributed by atoms with van der Waals surface area (Å²) in [6.45, 7) is 7.43. The van der Waals surface area contributed by atoms with Crippen molar-refractivity contribution in [1.82, 2.24) is 19.6 Å². The highest BCUT2D eigenvalue weighted by molar-refractivity contribution is 5.95. The summed E-state index contributed by atoms with van der Waals surface area (Å²) in [5, 5.41) is 4.41. The number of aromatic nitrogens is 2. The van der Waals surface area contributed by atoms with Gasteiger partial charge < -0.3 is 9.80 Å². The molecule has 0 bridgehead atoms. The lowest BCUT2D eigenvalue weighted by Gasteiger charge is -2.32. The molecule has 2 heterocycles. The Labute approximate surface area is 131 Å². The van der Waals surface area contributed by atoms with Crippen LogP contribution in [0.2, 0.25) is 0 Å². The van der Waals surface area contributed by atoms with E-state index in [4.69, 9.17) is 0 Å². The van der Waals surface area contributed by atoms with Gasteiger partial charge in [-0.25, -0.2) is 4.68 Å². The van der Waals surface area contributed by atoms with Crippen molar-refractivity contribution in [2.24, 2.45) is 0 Å². The summed E-state index contributed by atoms with van der Waals surface area (Å²) in [5.74, 6) is 0.0870. The number of benzene rings is 1. The first-order chi connectivity index (χ1) is 10.6. The SMILES string of the molecule is Cc1ccc(-n2ncc(C(=O)N3CCN(C)CC3)c2C)cc1. The minimum atomic E-state index is 0.0870. The van der Waals surface area contributed by atoms with E-state index < -0.39 is 0 Å². The van der Waals surface area contributed by atoms with Crippen LogP contribution < -0.4 is 0 Å². The minimum absolute atomic E-state index is 0.0870. The molecule has 1 aromatic heterocycles. The fourth-order valence-corrected chi connectivity index (χ4v) is 2.75. The van der Waals surface area contributed by atoms with Gasteiger partial charge >= 0.3 is 0 Å². The van der Waals surface area contributed by atoms with Crippen molar-refractivity contribution < 1.29 is 4.79 Å². The zero-order valence-corrected chi connectivity index (χ0v) is 13.4. The van der Waals surface area contributed by atoms with Gasteiger partial charge in [0.2, 0.25) is 0 Å². The van der Waals surface area contributed by atoms with Crippen LogP contribution in [0.4, 0.5) is 0 Å². The maximum Gasteiger partial charge on any atom is 0.257 e. The van der Waals surface area contributed by atoms with Crippen LogP contribution in [0.25, 0.3) is 5.69 Å². The first kappa shape index (κ1) is 14.8. The molecule has 0 aliphatic carbocycles. The van der Waals surface area contributed by atoms with Gasteiger partial charge in [-0.1, -0.05) is 17.7 Å². The molecule has 2 aromatic rings. The summed E-state index contributed by atoms with van der Waals surface area (Å²) >= 11 is 0. The molecule has 0 radical (unpaired) electrons. The van der Waals surface area contributed by atoms with Crippen molar-refractivity contribution in [2.45, 2.75) is 13.8 Å². The van der Waals surface area contributed by atoms with Crippen molar-refractivity contribution >= 4 is 5.91 Å². The Morgan fingerprint density at radius 1 is 1.05 bits per heavy atom. The predicted octanol–water partition coefficient (Wildman–Crippen LogP) is 1.88. The van der Waals surface area contributed by atoms with Gasteiger partial charge in [-0.3, -0.25) is 4.79 Å². The molecule has 5 nitrogen and oxygen atoms in total. The molecule has 1 aliphatic heterocycles. The third-order valence-electron chi connectivity index (χ3n) is 4.31. The van der Waals surface area contributed by atoms with E-state index in [1.165, 1.54) is 5.56 Å².